The SMILES string of the molecule is Br.COc1c(N2CCOCC2)cc(C(=O)CN2Cc3cc4c(cc3C2=N)OCc2cc(C)c(C)cc2CO4)cc1C(C)(C)C. The van der Waals surface area contributed by atoms with Crippen molar-refractivity contribution in [3.8, 4) is 17.2 Å². The first-order valence-corrected chi connectivity index (χ1v) is 15.0. The summed E-state index contributed by atoms with van der Waals surface area (Å²) >= 11 is 0. The van der Waals surface area contributed by atoms with E-state index in [1.807, 2.05) is 29.2 Å². The summed E-state index contributed by atoms with van der Waals surface area (Å²) in [5, 5.41) is 8.97. The van der Waals surface area contributed by atoms with E-state index in [2.05, 4.69) is 51.7 Å². The number of aryl methyl sites for hydroxylation is 2. The molecule has 0 bridgehead atoms. The van der Waals surface area contributed by atoms with E-state index in [0.717, 1.165) is 52.3 Å². The Hall–Kier alpha value is -3.56. The molecule has 8 nitrogen and oxygen atoms in total. The molecule has 1 saturated heterocycles. The molecule has 1 fully saturated rings. The van der Waals surface area contributed by atoms with Gasteiger partial charge in [-0.2, -0.15) is 0 Å². The number of ether oxygens (including phenoxy) is 4. The Balaban J connectivity index is 0.00000384. The van der Waals surface area contributed by atoms with E-state index in [-0.39, 0.29) is 34.7 Å². The summed E-state index contributed by atoms with van der Waals surface area (Å²) in [5.41, 5.74) is 8.73. The number of ketones is 1. The van der Waals surface area contributed by atoms with Crippen LogP contribution in [0.2, 0.25) is 0 Å². The summed E-state index contributed by atoms with van der Waals surface area (Å²) in [6.07, 6.45) is 0. The van der Waals surface area contributed by atoms with Gasteiger partial charge in [0.15, 0.2) is 17.3 Å². The van der Waals surface area contributed by atoms with Crippen molar-refractivity contribution in [2.75, 3.05) is 44.9 Å². The fraction of sp³-hybridized carbons (Fsp3) is 0.429. The van der Waals surface area contributed by atoms with Crippen LogP contribution < -0.4 is 19.1 Å². The van der Waals surface area contributed by atoms with Crippen molar-refractivity contribution in [2.45, 2.75) is 59.8 Å². The van der Waals surface area contributed by atoms with Crippen molar-refractivity contribution in [2.24, 2.45) is 0 Å². The van der Waals surface area contributed by atoms with Gasteiger partial charge < -0.3 is 28.7 Å². The van der Waals surface area contributed by atoms with E-state index in [0.29, 0.717) is 55.9 Å². The molecule has 0 saturated carbocycles. The van der Waals surface area contributed by atoms with Crippen LogP contribution in [0.5, 0.6) is 17.2 Å². The number of methoxy groups -OCH3 is 1. The number of nitrogens with zero attached hydrogens (tertiary/aromatic N) is 2. The zero-order valence-electron chi connectivity index (χ0n) is 26.5. The van der Waals surface area contributed by atoms with Gasteiger partial charge in [0, 0.05) is 36.3 Å². The van der Waals surface area contributed by atoms with E-state index in [4.69, 9.17) is 24.4 Å². The van der Waals surface area contributed by atoms with Crippen LogP contribution in [0.15, 0.2) is 36.4 Å². The van der Waals surface area contributed by atoms with E-state index in [1.165, 1.54) is 11.1 Å². The van der Waals surface area contributed by atoms with Gasteiger partial charge in [-0.3, -0.25) is 10.2 Å². The van der Waals surface area contributed by atoms with Crippen molar-refractivity contribution >= 4 is 34.3 Å². The van der Waals surface area contributed by atoms with E-state index in [1.54, 1.807) is 7.11 Å². The second-order valence-corrected chi connectivity index (χ2v) is 12.8. The maximum absolute atomic E-state index is 13.9. The van der Waals surface area contributed by atoms with Crippen molar-refractivity contribution < 1.29 is 23.7 Å². The molecule has 1 N–H and O–H groups in total. The Bertz CT molecular complexity index is 1610. The maximum atomic E-state index is 13.9. The van der Waals surface area contributed by atoms with E-state index in [9.17, 15) is 4.79 Å². The van der Waals surface area contributed by atoms with Gasteiger partial charge in [0.1, 0.15) is 24.8 Å². The van der Waals surface area contributed by atoms with Gasteiger partial charge >= 0.3 is 0 Å². The highest BCUT2D eigenvalue weighted by atomic mass is 79.9. The highest BCUT2D eigenvalue weighted by Gasteiger charge is 2.31. The molecule has 3 aliphatic rings. The Morgan fingerprint density at radius 2 is 1.52 bits per heavy atom. The van der Waals surface area contributed by atoms with Gasteiger partial charge in [0.05, 0.1) is 32.6 Å². The number of amidine groups is 1. The first-order valence-electron chi connectivity index (χ1n) is 15.0. The minimum atomic E-state index is -0.229. The number of carbonyl (C=O) groups excluding carboxylic acids is 1. The largest absolute Gasteiger partial charge is 0.494 e. The summed E-state index contributed by atoms with van der Waals surface area (Å²) in [5.74, 6) is 2.38. The fourth-order valence-corrected chi connectivity index (χ4v) is 6.13. The first kappa shape index (κ1) is 31.9. The summed E-state index contributed by atoms with van der Waals surface area (Å²) < 4.78 is 23.9. The number of rotatable bonds is 5. The average molecular weight is 665 g/mol. The molecule has 0 aliphatic carbocycles. The number of fused-ring (bicyclic) bond motifs is 3. The van der Waals surface area contributed by atoms with Crippen LogP contribution in [0.3, 0.4) is 0 Å². The van der Waals surface area contributed by atoms with Gasteiger partial charge in [-0.05, 0) is 71.3 Å². The van der Waals surface area contributed by atoms with Crippen molar-refractivity contribution in [3.05, 3.63) is 80.9 Å². The lowest BCUT2D eigenvalue weighted by Crippen LogP contribution is -2.37. The number of hydrogen-bond acceptors (Lipinski definition) is 7. The standard InChI is InChI=1S/C35H41N3O5.BrH/c1-21-11-25-19-42-31-15-24-17-38(34(36)27(24)16-32(31)43-20-26(25)12-22(21)2)18-30(39)23-13-28(35(3,4)5)33(40-6)29(14-23)37-7-9-41-10-8-37;/h11-16,36H,7-10,17-20H2,1-6H3;1H. The second-order valence-electron chi connectivity index (χ2n) is 12.8. The fourth-order valence-electron chi connectivity index (χ4n) is 6.13. The van der Waals surface area contributed by atoms with Gasteiger partial charge in [0.2, 0.25) is 0 Å². The molecular formula is C35H42BrN3O5. The number of benzene rings is 3. The number of Topliss-reactive ketones (excluding diaryl/α,β-unsaturated/α-hetero) is 1. The summed E-state index contributed by atoms with van der Waals surface area (Å²) in [4.78, 5) is 17.9. The van der Waals surface area contributed by atoms with Crippen molar-refractivity contribution in [1.29, 1.82) is 5.41 Å². The molecule has 234 valence electrons. The van der Waals surface area contributed by atoms with Crippen LogP contribution in [0.4, 0.5) is 5.69 Å². The summed E-state index contributed by atoms with van der Waals surface area (Å²) in [6, 6.07) is 12.1. The molecule has 0 radical (unpaired) electrons. The molecule has 0 aromatic heterocycles. The molecular weight excluding hydrogens is 622 g/mol. The lowest BCUT2D eigenvalue weighted by Gasteiger charge is -2.33. The van der Waals surface area contributed by atoms with Gasteiger partial charge in [-0.15, -0.1) is 17.0 Å². The molecule has 3 aliphatic heterocycles. The third-order valence-electron chi connectivity index (χ3n) is 8.77. The number of nitrogens with one attached hydrogen (secondary N) is 1. The molecule has 3 aromatic rings. The Labute approximate surface area is 270 Å². The van der Waals surface area contributed by atoms with Crippen LogP contribution in [0, 0.1) is 19.3 Å². The molecule has 3 aromatic carbocycles. The Morgan fingerprint density at radius 3 is 2.11 bits per heavy atom. The maximum Gasteiger partial charge on any atom is 0.182 e. The molecule has 0 unspecified atom stereocenters. The van der Waals surface area contributed by atoms with Gasteiger partial charge in [-0.25, -0.2) is 0 Å². The highest BCUT2D eigenvalue weighted by Crippen LogP contribution is 2.41. The minimum absolute atomic E-state index is 0. The number of anilines is 1. The average Bonchev–Trinajstić information content (AvgIpc) is 3.28. The third-order valence-corrected chi connectivity index (χ3v) is 8.77. The predicted octanol–water partition coefficient (Wildman–Crippen LogP) is 6.52. The second kappa shape index (κ2) is 12.4. The molecule has 6 rings (SSSR count). The monoisotopic (exact) mass is 663 g/mol. The minimum Gasteiger partial charge on any atom is -0.494 e. The number of hydrogen-bond donors (Lipinski definition) is 1. The molecule has 3 heterocycles. The summed E-state index contributed by atoms with van der Waals surface area (Å²) in [6.45, 7) is 14.8. The highest BCUT2D eigenvalue weighted by molar-refractivity contribution is 8.93. The van der Waals surface area contributed by atoms with Crippen LogP contribution in [-0.4, -0.2) is 56.5 Å². The van der Waals surface area contributed by atoms with Crippen molar-refractivity contribution in [1.82, 2.24) is 4.90 Å². The smallest absolute Gasteiger partial charge is 0.182 e. The first-order chi connectivity index (χ1) is 20.5. The number of carbonyl (C=O) groups is 1. The molecule has 0 spiro atoms. The van der Waals surface area contributed by atoms with Crippen molar-refractivity contribution in [3.63, 3.8) is 0 Å². The lowest BCUT2D eigenvalue weighted by molar-refractivity contribution is 0.0962. The Morgan fingerprint density at radius 1 is 0.909 bits per heavy atom. The van der Waals surface area contributed by atoms with E-state index >= 15 is 0 Å². The van der Waals surface area contributed by atoms with Gasteiger partial charge in [0.25, 0.3) is 0 Å². The number of morpholine rings is 1. The quantitative estimate of drug-likeness (QED) is 0.311. The van der Waals surface area contributed by atoms with E-state index < -0.39 is 0 Å². The van der Waals surface area contributed by atoms with Gasteiger partial charge in [-0.1, -0.05) is 32.9 Å². The zero-order valence-corrected chi connectivity index (χ0v) is 28.2. The van der Waals surface area contributed by atoms with Crippen LogP contribution in [0.25, 0.3) is 0 Å². The van der Waals surface area contributed by atoms with Crippen LogP contribution in [0.1, 0.15) is 70.1 Å². The topological polar surface area (TPSA) is 84.3 Å². The van der Waals surface area contributed by atoms with Crippen LogP contribution >= 0.6 is 17.0 Å². The molecule has 9 heteroatoms. The molecule has 0 atom stereocenters. The third kappa shape index (κ3) is 6.04. The summed E-state index contributed by atoms with van der Waals surface area (Å²) in [7, 11) is 1.69. The number of halogens is 1. The Kier molecular flexibility index (Phi) is 9.01. The zero-order chi connectivity index (χ0) is 30.5. The lowest BCUT2D eigenvalue weighted by atomic mass is 9.84. The molecule has 44 heavy (non-hydrogen) atoms. The predicted molar refractivity (Wildman–Crippen MR) is 178 cm³/mol. The normalized spacial score (nSPS) is 16.0. The van der Waals surface area contributed by atoms with Crippen LogP contribution in [-0.2, 0) is 29.9 Å². The molecule has 0 amide bonds.